The maximum absolute atomic E-state index is 5.41. The molecule has 0 N–H and O–H groups in total. The summed E-state index contributed by atoms with van der Waals surface area (Å²) in [5, 5.41) is 0. The van der Waals surface area contributed by atoms with Gasteiger partial charge in [-0.05, 0) is 61.1 Å². The highest BCUT2D eigenvalue weighted by atomic mass is 16.5. The molecule has 0 heterocycles. The first-order valence-corrected chi connectivity index (χ1v) is 8.66. The molecule has 5 nitrogen and oxygen atoms in total. The van der Waals surface area contributed by atoms with Gasteiger partial charge in [-0.25, -0.2) is 0 Å². The van der Waals surface area contributed by atoms with Crippen molar-refractivity contribution in [2.24, 2.45) is 0 Å². The monoisotopic (exact) mass is 360 g/mol. The van der Waals surface area contributed by atoms with Gasteiger partial charge < -0.3 is 23.7 Å². The van der Waals surface area contributed by atoms with Gasteiger partial charge in [0.1, 0.15) is 0 Å². The quantitative estimate of drug-likeness (QED) is 0.591. The molecule has 0 saturated heterocycles. The molecule has 0 fully saturated rings. The largest absolute Gasteiger partial charge is 0.493 e. The first-order chi connectivity index (χ1) is 12.7. The van der Waals surface area contributed by atoms with E-state index in [-0.39, 0.29) is 0 Å². The summed E-state index contributed by atoms with van der Waals surface area (Å²) in [5.41, 5.74) is 2.42. The van der Waals surface area contributed by atoms with Crippen molar-refractivity contribution in [2.75, 3.05) is 35.5 Å². The van der Waals surface area contributed by atoms with Gasteiger partial charge in [0.25, 0.3) is 0 Å². The molecule has 0 spiro atoms. The first kappa shape index (κ1) is 19.8. The predicted octanol–water partition coefficient (Wildman–Crippen LogP) is 4.30. The molecular weight excluding hydrogens is 332 g/mol. The highest BCUT2D eigenvalue weighted by Gasteiger charge is 2.13. The molecule has 0 saturated carbocycles. The van der Waals surface area contributed by atoms with Crippen LogP contribution in [0.15, 0.2) is 30.3 Å². The zero-order valence-corrected chi connectivity index (χ0v) is 16.3. The highest BCUT2D eigenvalue weighted by molar-refractivity contribution is 5.53. The van der Waals surface area contributed by atoms with Gasteiger partial charge in [-0.2, -0.15) is 0 Å². The molecule has 142 valence electrons. The third-order valence-electron chi connectivity index (χ3n) is 4.35. The Morgan fingerprint density at radius 3 is 1.54 bits per heavy atom. The summed E-state index contributed by atoms with van der Waals surface area (Å²) in [6.45, 7) is 0. The van der Waals surface area contributed by atoms with E-state index in [0.29, 0.717) is 17.2 Å². The normalized spacial score (nSPS) is 10.3. The summed E-state index contributed by atoms with van der Waals surface area (Å²) in [6, 6.07) is 10.1. The van der Waals surface area contributed by atoms with Gasteiger partial charge in [0.05, 0.1) is 35.5 Å². The molecule has 2 rings (SSSR count). The van der Waals surface area contributed by atoms with Crippen LogP contribution in [0.2, 0.25) is 0 Å². The SMILES string of the molecule is COc1ccc(CCCCc2cc(OC)c(OC)c(OC)c2)cc1OC. The van der Waals surface area contributed by atoms with Crippen molar-refractivity contribution in [3.05, 3.63) is 41.5 Å². The average Bonchev–Trinajstić information content (AvgIpc) is 2.69. The molecular formula is C21H28O5. The van der Waals surface area contributed by atoms with E-state index in [0.717, 1.165) is 37.2 Å². The number of rotatable bonds is 10. The third kappa shape index (κ3) is 4.75. The van der Waals surface area contributed by atoms with Crippen LogP contribution in [0.1, 0.15) is 24.0 Å². The molecule has 5 heteroatoms. The lowest BCUT2D eigenvalue weighted by Gasteiger charge is -2.14. The van der Waals surface area contributed by atoms with Gasteiger partial charge >= 0.3 is 0 Å². The second kappa shape index (κ2) is 9.80. The van der Waals surface area contributed by atoms with E-state index in [1.165, 1.54) is 11.1 Å². The number of hydrogen-bond donors (Lipinski definition) is 0. The van der Waals surface area contributed by atoms with Gasteiger partial charge in [0.15, 0.2) is 23.0 Å². The van der Waals surface area contributed by atoms with Crippen molar-refractivity contribution in [3.8, 4) is 28.7 Å². The van der Waals surface area contributed by atoms with Crippen LogP contribution in [0, 0.1) is 0 Å². The summed E-state index contributed by atoms with van der Waals surface area (Å²) < 4.78 is 26.8. The van der Waals surface area contributed by atoms with Gasteiger partial charge in [-0.3, -0.25) is 0 Å². The molecule has 2 aromatic rings. The van der Waals surface area contributed by atoms with Crippen molar-refractivity contribution in [1.82, 2.24) is 0 Å². The number of ether oxygens (including phenoxy) is 5. The van der Waals surface area contributed by atoms with Crippen LogP contribution in [0.25, 0.3) is 0 Å². The Morgan fingerprint density at radius 2 is 1.04 bits per heavy atom. The number of benzene rings is 2. The van der Waals surface area contributed by atoms with Crippen molar-refractivity contribution in [3.63, 3.8) is 0 Å². The number of hydrogen-bond acceptors (Lipinski definition) is 5. The summed E-state index contributed by atoms with van der Waals surface area (Å²) in [4.78, 5) is 0. The van der Waals surface area contributed by atoms with Crippen molar-refractivity contribution >= 4 is 0 Å². The molecule has 0 amide bonds. The van der Waals surface area contributed by atoms with E-state index in [1.807, 2.05) is 24.3 Å². The summed E-state index contributed by atoms with van der Waals surface area (Å²) in [5.74, 6) is 3.55. The molecule has 2 aromatic carbocycles. The number of aryl methyl sites for hydroxylation is 2. The Morgan fingerprint density at radius 1 is 0.538 bits per heavy atom. The van der Waals surface area contributed by atoms with Gasteiger partial charge in [-0.1, -0.05) is 6.07 Å². The fourth-order valence-electron chi connectivity index (χ4n) is 2.97. The Hall–Kier alpha value is -2.56. The predicted molar refractivity (Wildman–Crippen MR) is 102 cm³/mol. The Bertz CT molecular complexity index is 687. The summed E-state index contributed by atoms with van der Waals surface area (Å²) in [6.07, 6.45) is 4.08. The number of methoxy groups -OCH3 is 5. The van der Waals surface area contributed by atoms with Crippen LogP contribution >= 0.6 is 0 Å². The minimum atomic E-state index is 0.629. The van der Waals surface area contributed by atoms with Crippen LogP contribution in [-0.4, -0.2) is 35.5 Å². The summed E-state index contributed by atoms with van der Waals surface area (Å²) in [7, 11) is 8.19. The van der Waals surface area contributed by atoms with Gasteiger partial charge in [0, 0.05) is 0 Å². The lowest BCUT2D eigenvalue weighted by atomic mass is 10.0. The fourth-order valence-corrected chi connectivity index (χ4v) is 2.97. The maximum Gasteiger partial charge on any atom is 0.203 e. The van der Waals surface area contributed by atoms with Crippen molar-refractivity contribution in [2.45, 2.75) is 25.7 Å². The second-order valence-electron chi connectivity index (χ2n) is 5.93. The van der Waals surface area contributed by atoms with E-state index in [9.17, 15) is 0 Å². The zero-order valence-electron chi connectivity index (χ0n) is 16.3. The standard InChI is InChI=1S/C21H28O5/c1-22-17-11-10-15(12-18(17)23-2)8-6-7-9-16-13-19(24-3)21(26-5)20(14-16)25-4/h10-14H,6-9H2,1-5H3. The topological polar surface area (TPSA) is 46.2 Å². The van der Waals surface area contributed by atoms with E-state index >= 15 is 0 Å². The molecule has 0 aliphatic heterocycles. The maximum atomic E-state index is 5.41. The Kier molecular flexibility index (Phi) is 7.45. The van der Waals surface area contributed by atoms with Crippen molar-refractivity contribution < 1.29 is 23.7 Å². The van der Waals surface area contributed by atoms with E-state index < -0.39 is 0 Å². The van der Waals surface area contributed by atoms with Crippen LogP contribution in [0.3, 0.4) is 0 Å². The minimum absolute atomic E-state index is 0.629. The Labute approximate surface area is 155 Å². The third-order valence-corrected chi connectivity index (χ3v) is 4.35. The van der Waals surface area contributed by atoms with Crippen LogP contribution in [0.4, 0.5) is 0 Å². The van der Waals surface area contributed by atoms with Crippen LogP contribution in [0.5, 0.6) is 28.7 Å². The average molecular weight is 360 g/mol. The fraction of sp³-hybridized carbons (Fsp3) is 0.429. The highest BCUT2D eigenvalue weighted by Crippen LogP contribution is 2.38. The Balaban J connectivity index is 1.96. The smallest absolute Gasteiger partial charge is 0.203 e. The molecule has 26 heavy (non-hydrogen) atoms. The van der Waals surface area contributed by atoms with Gasteiger partial charge in [0.2, 0.25) is 5.75 Å². The van der Waals surface area contributed by atoms with Crippen molar-refractivity contribution in [1.29, 1.82) is 0 Å². The molecule has 0 bridgehead atoms. The van der Waals surface area contributed by atoms with E-state index in [2.05, 4.69) is 6.07 Å². The zero-order chi connectivity index (χ0) is 18.9. The number of unbranched alkanes of at least 4 members (excludes halogenated alkanes) is 1. The van der Waals surface area contributed by atoms with Crippen LogP contribution < -0.4 is 23.7 Å². The second-order valence-corrected chi connectivity index (χ2v) is 5.93. The lowest BCUT2D eigenvalue weighted by molar-refractivity contribution is 0.323. The van der Waals surface area contributed by atoms with E-state index in [4.69, 9.17) is 23.7 Å². The summed E-state index contributed by atoms with van der Waals surface area (Å²) >= 11 is 0. The lowest BCUT2D eigenvalue weighted by Crippen LogP contribution is -1.98. The minimum Gasteiger partial charge on any atom is -0.493 e. The molecule has 0 aliphatic rings. The molecule has 0 atom stereocenters. The molecule has 0 aromatic heterocycles. The van der Waals surface area contributed by atoms with E-state index in [1.54, 1.807) is 35.5 Å². The van der Waals surface area contributed by atoms with Crippen LogP contribution in [-0.2, 0) is 12.8 Å². The molecule has 0 radical (unpaired) electrons. The first-order valence-electron chi connectivity index (χ1n) is 8.66. The molecule has 0 unspecified atom stereocenters. The molecule has 0 aliphatic carbocycles. The van der Waals surface area contributed by atoms with Gasteiger partial charge in [-0.15, -0.1) is 0 Å².